The fourth-order valence-electron chi connectivity index (χ4n) is 1.52. The quantitative estimate of drug-likeness (QED) is 0.704. The normalized spacial score (nSPS) is 26.7. The lowest BCUT2D eigenvalue weighted by Gasteiger charge is -2.11. The predicted molar refractivity (Wildman–Crippen MR) is 51.4 cm³/mol. The van der Waals surface area contributed by atoms with Crippen molar-refractivity contribution in [1.29, 1.82) is 0 Å². The van der Waals surface area contributed by atoms with Gasteiger partial charge in [-0.05, 0) is 12.5 Å². The highest BCUT2D eigenvalue weighted by atomic mass is 16.5. The van der Waals surface area contributed by atoms with Crippen molar-refractivity contribution in [2.75, 3.05) is 0 Å². The van der Waals surface area contributed by atoms with Crippen LogP contribution in [0.5, 0.6) is 0 Å². The Bertz CT molecular complexity index is 321. The van der Waals surface area contributed by atoms with Gasteiger partial charge in [-0.2, -0.15) is 0 Å². The summed E-state index contributed by atoms with van der Waals surface area (Å²) in [5.41, 5.74) is 6.63. The van der Waals surface area contributed by atoms with E-state index in [1.165, 1.54) is 0 Å². The van der Waals surface area contributed by atoms with E-state index in [9.17, 15) is 0 Å². The molecule has 0 saturated heterocycles. The number of rotatable bonds is 1. The monoisotopic (exact) mass is 176 g/mol. The number of amidine groups is 1. The molecule has 0 radical (unpaired) electrons. The molecule has 0 saturated carbocycles. The van der Waals surface area contributed by atoms with Crippen molar-refractivity contribution < 1.29 is 4.74 Å². The van der Waals surface area contributed by atoms with Crippen molar-refractivity contribution in [3.63, 3.8) is 0 Å². The van der Waals surface area contributed by atoms with Gasteiger partial charge in [-0.1, -0.05) is 30.3 Å². The van der Waals surface area contributed by atoms with E-state index in [-0.39, 0.29) is 12.1 Å². The third kappa shape index (κ3) is 1.49. The molecule has 1 aromatic carbocycles. The van der Waals surface area contributed by atoms with Gasteiger partial charge in [0.2, 0.25) is 0 Å². The molecule has 0 bridgehead atoms. The molecule has 0 spiro atoms. The van der Waals surface area contributed by atoms with Crippen LogP contribution in [0.25, 0.3) is 0 Å². The minimum absolute atomic E-state index is 0.0439. The van der Waals surface area contributed by atoms with Gasteiger partial charge in [0.05, 0.1) is 0 Å². The molecule has 1 heterocycles. The third-order valence-electron chi connectivity index (χ3n) is 2.16. The van der Waals surface area contributed by atoms with E-state index >= 15 is 0 Å². The zero-order valence-electron chi connectivity index (χ0n) is 7.47. The Balaban J connectivity index is 2.27. The highest BCUT2D eigenvalue weighted by Crippen LogP contribution is 2.27. The Morgan fingerprint density at radius 3 is 2.54 bits per heavy atom. The Morgan fingerprint density at radius 2 is 2.00 bits per heavy atom. The summed E-state index contributed by atoms with van der Waals surface area (Å²) in [4.78, 5) is 4.21. The number of aliphatic imine (C=N–C) groups is 1. The number of benzene rings is 1. The zero-order chi connectivity index (χ0) is 9.26. The molecule has 1 aliphatic heterocycles. The minimum atomic E-state index is 0.0439. The van der Waals surface area contributed by atoms with Crippen LogP contribution in [0.3, 0.4) is 0 Å². The second-order valence-electron chi connectivity index (χ2n) is 3.15. The lowest BCUT2D eigenvalue weighted by molar-refractivity contribution is 0.210. The summed E-state index contributed by atoms with van der Waals surface area (Å²) < 4.78 is 5.26. The molecule has 0 amide bonds. The summed E-state index contributed by atoms with van der Waals surface area (Å²) in [6, 6.07) is 10.4. The second kappa shape index (κ2) is 3.09. The first kappa shape index (κ1) is 8.10. The minimum Gasteiger partial charge on any atom is -0.460 e. The highest BCUT2D eigenvalue weighted by molar-refractivity contribution is 5.73. The average molecular weight is 176 g/mol. The highest BCUT2D eigenvalue weighted by Gasteiger charge is 2.26. The van der Waals surface area contributed by atoms with Gasteiger partial charge in [0, 0.05) is 0 Å². The number of hydrogen-bond donors (Lipinski definition) is 1. The fourth-order valence-corrected chi connectivity index (χ4v) is 1.52. The smallest absolute Gasteiger partial charge is 0.283 e. The summed E-state index contributed by atoms with van der Waals surface area (Å²) in [6.07, 6.45) is 0.0439. The molecular formula is C10H12N2O. The fraction of sp³-hybridized carbons (Fsp3) is 0.300. The SMILES string of the molecule is C[C@H]1OC(N)=N[C@@H]1c1ccccc1. The van der Waals surface area contributed by atoms with Crippen LogP contribution >= 0.6 is 0 Å². The van der Waals surface area contributed by atoms with Crippen LogP contribution in [0.1, 0.15) is 18.5 Å². The summed E-state index contributed by atoms with van der Waals surface area (Å²) in [5, 5.41) is 0. The van der Waals surface area contributed by atoms with Crippen LogP contribution < -0.4 is 5.73 Å². The first-order valence-electron chi connectivity index (χ1n) is 4.32. The molecule has 2 rings (SSSR count). The Kier molecular flexibility index (Phi) is 1.93. The van der Waals surface area contributed by atoms with Crippen LogP contribution in [-0.4, -0.2) is 12.1 Å². The maximum absolute atomic E-state index is 5.48. The van der Waals surface area contributed by atoms with Gasteiger partial charge in [-0.3, -0.25) is 0 Å². The molecule has 3 heteroatoms. The molecule has 1 aliphatic rings. The number of nitrogens with zero attached hydrogens (tertiary/aromatic N) is 1. The summed E-state index contributed by atoms with van der Waals surface area (Å²) in [7, 11) is 0. The van der Waals surface area contributed by atoms with Gasteiger partial charge in [-0.15, -0.1) is 0 Å². The molecular weight excluding hydrogens is 164 g/mol. The summed E-state index contributed by atoms with van der Waals surface area (Å²) >= 11 is 0. The van der Waals surface area contributed by atoms with Crippen molar-refractivity contribution in [3.8, 4) is 0 Å². The average Bonchev–Trinajstić information content (AvgIpc) is 2.47. The van der Waals surface area contributed by atoms with Crippen molar-refractivity contribution in [1.82, 2.24) is 0 Å². The molecule has 2 N–H and O–H groups in total. The van der Waals surface area contributed by atoms with E-state index in [1.54, 1.807) is 0 Å². The lowest BCUT2D eigenvalue weighted by Crippen LogP contribution is -2.16. The molecule has 0 fully saturated rings. The van der Waals surface area contributed by atoms with E-state index in [0.717, 1.165) is 5.56 Å². The van der Waals surface area contributed by atoms with Crippen molar-refractivity contribution in [2.24, 2.45) is 10.7 Å². The molecule has 68 valence electrons. The van der Waals surface area contributed by atoms with Crippen LogP contribution in [0.2, 0.25) is 0 Å². The summed E-state index contributed by atoms with van der Waals surface area (Å²) in [6.45, 7) is 1.97. The largest absolute Gasteiger partial charge is 0.460 e. The summed E-state index contributed by atoms with van der Waals surface area (Å²) in [5.74, 6) is 0. The molecule has 0 aromatic heterocycles. The Morgan fingerprint density at radius 1 is 1.31 bits per heavy atom. The van der Waals surface area contributed by atoms with Crippen molar-refractivity contribution in [3.05, 3.63) is 35.9 Å². The number of hydrogen-bond acceptors (Lipinski definition) is 3. The van der Waals surface area contributed by atoms with E-state index in [4.69, 9.17) is 10.5 Å². The third-order valence-corrected chi connectivity index (χ3v) is 2.16. The van der Waals surface area contributed by atoms with E-state index in [2.05, 4.69) is 4.99 Å². The number of nitrogens with two attached hydrogens (primary N) is 1. The maximum atomic E-state index is 5.48. The molecule has 13 heavy (non-hydrogen) atoms. The molecule has 3 nitrogen and oxygen atoms in total. The van der Waals surface area contributed by atoms with Crippen LogP contribution in [-0.2, 0) is 4.74 Å². The maximum Gasteiger partial charge on any atom is 0.283 e. The van der Waals surface area contributed by atoms with E-state index in [1.807, 2.05) is 37.3 Å². The first-order chi connectivity index (χ1) is 6.27. The van der Waals surface area contributed by atoms with Gasteiger partial charge >= 0.3 is 0 Å². The Hall–Kier alpha value is -1.51. The standard InChI is InChI=1S/C10H12N2O/c1-7-9(12-10(11)13-7)8-5-3-2-4-6-8/h2-7,9H,1H3,(H2,11,12)/t7-,9+/m1/s1. The van der Waals surface area contributed by atoms with E-state index in [0.29, 0.717) is 6.02 Å². The number of ether oxygens (including phenoxy) is 1. The van der Waals surface area contributed by atoms with Crippen LogP contribution in [0, 0.1) is 0 Å². The van der Waals surface area contributed by atoms with Gasteiger partial charge in [0.15, 0.2) is 0 Å². The molecule has 0 aliphatic carbocycles. The van der Waals surface area contributed by atoms with Crippen molar-refractivity contribution in [2.45, 2.75) is 19.1 Å². The lowest BCUT2D eigenvalue weighted by atomic mass is 10.0. The molecule has 2 atom stereocenters. The predicted octanol–water partition coefficient (Wildman–Crippen LogP) is 1.46. The molecule has 1 aromatic rings. The van der Waals surface area contributed by atoms with Gasteiger partial charge in [0.25, 0.3) is 6.02 Å². The van der Waals surface area contributed by atoms with Crippen LogP contribution in [0.4, 0.5) is 0 Å². The Labute approximate surface area is 77.2 Å². The topological polar surface area (TPSA) is 47.6 Å². The van der Waals surface area contributed by atoms with Gasteiger partial charge < -0.3 is 10.5 Å². The zero-order valence-corrected chi connectivity index (χ0v) is 7.47. The first-order valence-corrected chi connectivity index (χ1v) is 4.32. The van der Waals surface area contributed by atoms with Gasteiger partial charge in [-0.25, -0.2) is 4.99 Å². The van der Waals surface area contributed by atoms with Gasteiger partial charge in [0.1, 0.15) is 12.1 Å². The van der Waals surface area contributed by atoms with Crippen molar-refractivity contribution >= 4 is 6.02 Å². The second-order valence-corrected chi connectivity index (χ2v) is 3.15. The van der Waals surface area contributed by atoms with Crippen LogP contribution in [0.15, 0.2) is 35.3 Å². The molecule has 0 unspecified atom stereocenters. The van der Waals surface area contributed by atoms with E-state index < -0.39 is 0 Å².